The molecule has 3 aromatic rings. The summed E-state index contributed by atoms with van der Waals surface area (Å²) in [6, 6.07) is 7.96. The van der Waals surface area contributed by atoms with Crippen molar-refractivity contribution in [2.24, 2.45) is 7.05 Å². The van der Waals surface area contributed by atoms with Crippen molar-refractivity contribution in [2.45, 2.75) is 13.3 Å². The van der Waals surface area contributed by atoms with Crippen LogP contribution in [0.25, 0.3) is 16.6 Å². The summed E-state index contributed by atoms with van der Waals surface area (Å²) in [5, 5.41) is 5.18. The number of ketones is 1. The molecule has 0 aliphatic carbocycles. The first kappa shape index (κ1) is 11.7. The van der Waals surface area contributed by atoms with Gasteiger partial charge >= 0.3 is 0 Å². The highest BCUT2D eigenvalue weighted by molar-refractivity contribution is 6.08. The number of hydrogen-bond acceptors (Lipinski definition) is 2. The number of benzene rings is 1. The lowest BCUT2D eigenvalue weighted by atomic mass is 10.1. The number of fused-ring (bicyclic) bond motifs is 1. The molecule has 4 nitrogen and oxygen atoms in total. The lowest BCUT2D eigenvalue weighted by Crippen LogP contribution is -1.95. The lowest BCUT2D eigenvalue weighted by molar-refractivity contribution is 0.0989. The number of para-hydroxylation sites is 1. The van der Waals surface area contributed by atoms with Gasteiger partial charge in [-0.1, -0.05) is 25.1 Å². The molecule has 0 aliphatic heterocycles. The van der Waals surface area contributed by atoms with Crippen molar-refractivity contribution >= 4 is 16.7 Å². The van der Waals surface area contributed by atoms with Gasteiger partial charge in [-0.15, -0.1) is 0 Å². The van der Waals surface area contributed by atoms with Crippen molar-refractivity contribution in [1.29, 1.82) is 0 Å². The number of aryl methyl sites for hydroxylation is 1. The number of carbonyl (C=O) groups is 1. The average Bonchev–Trinajstić information content (AvgIpc) is 3.01. The molecule has 0 fully saturated rings. The Kier molecular flexibility index (Phi) is 2.71. The van der Waals surface area contributed by atoms with Crippen LogP contribution in [-0.2, 0) is 7.05 Å². The van der Waals surface area contributed by atoms with E-state index in [0.717, 1.165) is 22.2 Å². The third-order valence-corrected chi connectivity index (χ3v) is 3.30. The van der Waals surface area contributed by atoms with Gasteiger partial charge in [0.25, 0.3) is 0 Å². The van der Waals surface area contributed by atoms with E-state index < -0.39 is 0 Å². The first-order chi connectivity index (χ1) is 9.20. The highest BCUT2D eigenvalue weighted by atomic mass is 16.1. The van der Waals surface area contributed by atoms with Crippen molar-refractivity contribution in [1.82, 2.24) is 14.3 Å². The van der Waals surface area contributed by atoms with Crippen molar-refractivity contribution in [3.05, 3.63) is 48.4 Å². The van der Waals surface area contributed by atoms with Gasteiger partial charge in [-0.2, -0.15) is 5.10 Å². The standard InChI is InChI=1S/C15H15N3O/c1-3-15(19)13-10-18(11-8-16-17(2)9-11)14-7-5-4-6-12(13)14/h4-10H,3H2,1-2H3. The molecule has 96 valence electrons. The molecule has 0 spiro atoms. The molecular formula is C15H15N3O. The first-order valence-corrected chi connectivity index (χ1v) is 6.33. The van der Waals surface area contributed by atoms with E-state index in [1.807, 2.05) is 55.2 Å². The van der Waals surface area contributed by atoms with Crippen LogP contribution >= 0.6 is 0 Å². The van der Waals surface area contributed by atoms with Crippen LogP contribution in [0.1, 0.15) is 23.7 Å². The zero-order valence-corrected chi connectivity index (χ0v) is 11.0. The number of carbonyl (C=O) groups excluding carboxylic acids is 1. The van der Waals surface area contributed by atoms with Gasteiger partial charge in [0.2, 0.25) is 0 Å². The van der Waals surface area contributed by atoms with Crippen LogP contribution in [0.3, 0.4) is 0 Å². The summed E-state index contributed by atoms with van der Waals surface area (Å²) in [4.78, 5) is 12.0. The molecule has 0 amide bonds. The fourth-order valence-corrected chi connectivity index (χ4v) is 2.34. The Morgan fingerprint density at radius 3 is 2.74 bits per heavy atom. The number of rotatable bonds is 3. The maximum Gasteiger partial charge on any atom is 0.164 e. The highest BCUT2D eigenvalue weighted by Crippen LogP contribution is 2.25. The van der Waals surface area contributed by atoms with Gasteiger partial charge < -0.3 is 4.57 Å². The summed E-state index contributed by atoms with van der Waals surface area (Å²) in [6.45, 7) is 1.89. The minimum absolute atomic E-state index is 0.166. The van der Waals surface area contributed by atoms with E-state index in [0.29, 0.717) is 6.42 Å². The van der Waals surface area contributed by atoms with Gasteiger partial charge in [-0.05, 0) is 6.07 Å². The molecule has 0 bridgehead atoms. The SMILES string of the molecule is CCC(=O)c1cn(-c2cnn(C)c2)c2ccccc12. The van der Waals surface area contributed by atoms with Crippen molar-refractivity contribution in [3.63, 3.8) is 0 Å². The Bertz CT molecular complexity index is 752. The van der Waals surface area contributed by atoms with Crippen LogP contribution in [0.5, 0.6) is 0 Å². The number of aromatic nitrogens is 3. The van der Waals surface area contributed by atoms with Gasteiger partial charge in [-0.3, -0.25) is 9.48 Å². The Labute approximate surface area is 111 Å². The summed E-state index contributed by atoms with van der Waals surface area (Å²) < 4.78 is 3.77. The molecule has 0 unspecified atom stereocenters. The van der Waals surface area contributed by atoms with E-state index in [4.69, 9.17) is 0 Å². The van der Waals surface area contributed by atoms with Crippen LogP contribution in [-0.4, -0.2) is 20.1 Å². The summed E-state index contributed by atoms with van der Waals surface area (Å²) in [6.07, 6.45) is 6.16. The summed E-state index contributed by atoms with van der Waals surface area (Å²) in [5.41, 5.74) is 2.78. The monoisotopic (exact) mass is 253 g/mol. The van der Waals surface area contributed by atoms with Crippen molar-refractivity contribution < 1.29 is 4.79 Å². The Morgan fingerprint density at radius 1 is 1.26 bits per heavy atom. The van der Waals surface area contributed by atoms with Gasteiger partial charge in [0, 0.05) is 36.8 Å². The lowest BCUT2D eigenvalue weighted by Gasteiger charge is -1.99. The van der Waals surface area contributed by atoms with E-state index in [-0.39, 0.29) is 5.78 Å². The third kappa shape index (κ3) is 1.85. The fourth-order valence-electron chi connectivity index (χ4n) is 2.34. The molecule has 0 saturated carbocycles. The second kappa shape index (κ2) is 4.39. The highest BCUT2D eigenvalue weighted by Gasteiger charge is 2.14. The van der Waals surface area contributed by atoms with E-state index in [1.54, 1.807) is 10.9 Å². The quantitative estimate of drug-likeness (QED) is 0.673. The van der Waals surface area contributed by atoms with Crippen LogP contribution in [0.2, 0.25) is 0 Å². The fraction of sp³-hybridized carbons (Fsp3) is 0.200. The Hall–Kier alpha value is -2.36. The smallest absolute Gasteiger partial charge is 0.164 e. The molecule has 0 atom stereocenters. The van der Waals surface area contributed by atoms with Gasteiger partial charge in [0.1, 0.15) is 0 Å². The molecule has 2 heterocycles. The maximum absolute atomic E-state index is 12.0. The van der Waals surface area contributed by atoms with Crippen LogP contribution in [0.4, 0.5) is 0 Å². The second-order valence-electron chi connectivity index (χ2n) is 4.58. The van der Waals surface area contributed by atoms with Gasteiger partial charge in [0.05, 0.1) is 17.4 Å². The minimum atomic E-state index is 0.166. The Morgan fingerprint density at radius 2 is 2.05 bits per heavy atom. The van der Waals surface area contributed by atoms with E-state index in [9.17, 15) is 4.79 Å². The summed E-state index contributed by atoms with van der Waals surface area (Å²) >= 11 is 0. The molecule has 3 rings (SSSR count). The first-order valence-electron chi connectivity index (χ1n) is 6.33. The molecule has 0 radical (unpaired) electrons. The van der Waals surface area contributed by atoms with E-state index >= 15 is 0 Å². The zero-order chi connectivity index (χ0) is 13.4. The minimum Gasteiger partial charge on any atom is -0.313 e. The number of Topliss-reactive ketones (excluding diaryl/α,β-unsaturated/α-hetero) is 1. The Balaban J connectivity index is 2.28. The molecule has 1 aromatic carbocycles. The zero-order valence-electron chi connectivity index (χ0n) is 11.0. The molecule has 0 saturated heterocycles. The number of nitrogens with zero attached hydrogens (tertiary/aromatic N) is 3. The molecule has 0 N–H and O–H groups in total. The van der Waals surface area contributed by atoms with Crippen molar-refractivity contribution in [3.8, 4) is 5.69 Å². The van der Waals surface area contributed by atoms with Crippen molar-refractivity contribution in [2.75, 3.05) is 0 Å². The molecule has 4 heteroatoms. The largest absolute Gasteiger partial charge is 0.313 e. The predicted octanol–water partition coefficient (Wildman–Crippen LogP) is 2.96. The molecular weight excluding hydrogens is 238 g/mol. The topological polar surface area (TPSA) is 39.8 Å². The normalized spacial score (nSPS) is 11.1. The van der Waals surface area contributed by atoms with E-state index in [1.165, 1.54) is 0 Å². The second-order valence-corrected chi connectivity index (χ2v) is 4.58. The van der Waals surface area contributed by atoms with E-state index in [2.05, 4.69) is 5.10 Å². The maximum atomic E-state index is 12.0. The average molecular weight is 253 g/mol. The van der Waals surface area contributed by atoms with Crippen LogP contribution < -0.4 is 0 Å². The molecule has 19 heavy (non-hydrogen) atoms. The van der Waals surface area contributed by atoms with Crippen LogP contribution in [0, 0.1) is 0 Å². The molecule has 0 aliphatic rings. The predicted molar refractivity (Wildman–Crippen MR) is 74.7 cm³/mol. The van der Waals surface area contributed by atoms with Crippen LogP contribution in [0.15, 0.2) is 42.9 Å². The number of hydrogen-bond donors (Lipinski definition) is 0. The summed E-state index contributed by atoms with van der Waals surface area (Å²) in [5.74, 6) is 0.166. The third-order valence-electron chi connectivity index (χ3n) is 3.30. The summed E-state index contributed by atoms with van der Waals surface area (Å²) in [7, 11) is 1.88. The van der Waals surface area contributed by atoms with Gasteiger partial charge in [-0.25, -0.2) is 0 Å². The molecule has 2 aromatic heterocycles. The van der Waals surface area contributed by atoms with Gasteiger partial charge in [0.15, 0.2) is 5.78 Å².